The van der Waals surface area contributed by atoms with Crippen LogP contribution in [0.25, 0.3) is 55.3 Å². The van der Waals surface area contributed by atoms with Gasteiger partial charge in [-0.3, -0.25) is 4.98 Å². The summed E-state index contributed by atoms with van der Waals surface area (Å²) >= 11 is 0. The van der Waals surface area contributed by atoms with E-state index < -0.39 is 0 Å². The minimum Gasteiger partial charge on any atom is -0.501 e. The standard InChI is InChI=1S/C39H24N4O3.Pt/c1-42-20-19-41-39(42)25-21-32-37(28-13-5-7-15-30(28)44-32)33(22-25)46-35-24-27(23-34-38(35)29-14-6-8-16-31(29)45-34)43(26-11-3-2-4-12-26)36-17-9-10-18-40-36;/h2-21,23H,1H3;/q-2;+2. The topological polar surface area (TPSA) is 69.5 Å². The Morgan fingerprint density at radius 1 is 0.660 bits per heavy atom. The molecule has 0 atom stereocenters. The van der Waals surface area contributed by atoms with Gasteiger partial charge in [0.15, 0.2) is 0 Å². The predicted molar refractivity (Wildman–Crippen MR) is 180 cm³/mol. The zero-order valence-corrected chi connectivity index (χ0v) is 27.2. The Labute approximate surface area is 283 Å². The van der Waals surface area contributed by atoms with Crippen LogP contribution in [0.2, 0.25) is 0 Å². The van der Waals surface area contributed by atoms with Gasteiger partial charge in [-0.1, -0.05) is 78.5 Å². The summed E-state index contributed by atoms with van der Waals surface area (Å²) in [6, 6.07) is 42.9. The van der Waals surface area contributed by atoms with Gasteiger partial charge in [0.25, 0.3) is 0 Å². The third-order valence-corrected chi connectivity index (χ3v) is 8.13. The fourth-order valence-corrected chi connectivity index (χ4v) is 6.07. The van der Waals surface area contributed by atoms with Crippen LogP contribution in [0.3, 0.4) is 0 Å². The van der Waals surface area contributed by atoms with E-state index in [4.69, 9.17) is 18.6 Å². The normalized spacial score (nSPS) is 11.3. The van der Waals surface area contributed by atoms with Gasteiger partial charge in [-0.05, 0) is 57.9 Å². The molecule has 4 heterocycles. The molecule has 9 aromatic rings. The van der Waals surface area contributed by atoms with Crippen molar-refractivity contribution in [2.75, 3.05) is 4.90 Å². The number of pyridine rings is 1. The van der Waals surface area contributed by atoms with Crippen molar-refractivity contribution in [2.45, 2.75) is 0 Å². The molecule has 0 fully saturated rings. The van der Waals surface area contributed by atoms with Gasteiger partial charge in [-0.2, -0.15) is 0 Å². The summed E-state index contributed by atoms with van der Waals surface area (Å²) in [6.45, 7) is 0. The maximum absolute atomic E-state index is 6.96. The van der Waals surface area contributed by atoms with E-state index in [1.54, 1.807) is 12.4 Å². The molecule has 9 rings (SSSR count). The van der Waals surface area contributed by atoms with Crippen molar-refractivity contribution >= 4 is 61.1 Å². The van der Waals surface area contributed by atoms with Crippen molar-refractivity contribution < 1.29 is 34.6 Å². The molecule has 0 spiro atoms. The number of para-hydroxylation sites is 3. The van der Waals surface area contributed by atoms with E-state index in [9.17, 15) is 0 Å². The van der Waals surface area contributed by atoms with Crippen LogP contribution in [0.15, 0.2) is 137 Å². The quantitative estimate of drug-likeness (QED) is 0.156. The first kappa shape index (κ1) is 28.8. The fourth-order valence-electron chi connectivity index (χ4n) is 6.07. The van der Waals surface area contributed by atoms with Gasteiger partial charge in [0, 0.05) is 42.7 Å². The minimum absolute atomic E-state index is 0. The second kappa shape index (κ2) is 11.6. The number of aryl methyl sites for hydroxylation is 1. The van der Waals surface area contributed by atoms with E-state index in [-0.39, 0.29) is 21.1 Å². The summed E-state index contributed by atoms with van der Waals surface area (Å²) in [4.78, 5) is 11.3. The fraction of sp³-hybridized carbons (Fsp3) is 0.0256. The molecule has 0 saturated carbocycles. The van der Waals surface area contributed by atoms with Crippen molar-refractivity contribution in [1.29, 1.82) is 0 Å². The molecule has 0 aliphatic carbocycles. The second-order valence-electron chi connectivity index (χ2n) is 11.0. The van der Waals surface area contributed by atoms with Crippen LogP contribution in [0.4, 0.5) is 17.2 Å². The van der Waals surface area contributed by atoms with E-state index in [2.05, 4.69) is 17.1 Å². The number of anilines is 3. The van der Waals surface area contributed by atoms with E-state index in [0.29, 0.717) is 28.4 Å². The van der Waals surface area contributed by atoms with Crippen molar-refractivity contribution in [3.05, 3.63) is 140 Å². The Hall–Kier alpha value is -5.65. The summed E-state index contributed by atoms with van der Waals surface area (Å²) in [5, 5.41) is 3.48. The average Bonchev–Trinajstić information content (AvgIpc) is 3.80. The molecule has 0 aliphatic heterocycles. The van der Waals surface area contributed by atoms with Crippen molar-refractivity contribution in [3.8, 4) is 22.9 Å². The molecular weight excluding hydrogens is 768 g/mol. The average molecular weight is 792 g/mol. The number of ether oxygens (including phenoxy) is 1. The van der Waals surface area contributed by atoms with Crippen LogP contribution >= 0.6 is 0 Å². The summed E-state index contributed by atoms with van der Waals surface area (Å²) in [5.74, 6) is 2.48. The number of hydrogen-bond donors (Lipinski definition) is 0. The van der Waals surface area contributed by atoms with Crippen LogP contribution in [-0.4, -0.2) is 14.5 Å². The first-order valence-corrected chi connectivity index (χ1v) is 14.9. The molecule has 4 aromatic heterocycles. The first-order chi connectivity index (χ1) is 22.7. The maximum atomic E-state index is 6.96. The summed E-state index contributed by atoms with van der Waals surface area (Å²) in [5.41, 5.74) is 5.23. The maximum Gasteiger partial charge on any atom is 2.00 e. The van der Waals surface area contributed by atoms with Crippen molar-refractivity contribution in [1.82, 2.24) is 14.5 Å². The van der Waals surface area contributed by atoms with Gasteiger partial charge in [0.05, 0.1) is 17.2 Å². The molecular formula is C39H24N4O3Pt. The Kier molecular flexibility index (Phi) is 7.11. The van der Waals surface area contributed by atoms with E-state index in [1.807, 2.05) is 132 Å². The molecule has 8 heteroatoms. The molecule has 0 saturated heterocycles. The van der Waals surface area contributed by atoms with E-state index in [1.165, 1.54) is 0 Å². The summed E-state index contributed by atoms with van der Waals surface area (Å²) in [7, 11) is 1.95. The molecule has 7 nitrogen and oxygen atoms in total. The zero-order valence-electron chi connectivity index (χ0n) is 25.0. The molecule has 0 amide bonds. The van der Waals surface area contributed by atoms with E-state index in [0.717, 1.165) is 55.6 Å². The molecule has 0 unspecified atom stereocenters. The second-order valence-corrected chi connectivity index (χ2v) is 11.0. The Morgan fingerprint density at radius 2 is 1.30 bits per heavy atom. The predicted octanol–water partition coefficient (Wildman–Crippen LogP) is 10.1. The number of nitrogens with zero attached hydrogens (tertiary/aromatic N) is 4. The van der Waals surface area contributed by atoms with Gasteiger partial charge in [0.2, 0.25) is 0 Å². The van der Waals surface area contributed by atoms with E-state index >= 15 is 0 Å². The third kappa shape index (κ3) is 4.87. The molecule has 228 valence electrons. The first-order valence-electron chi connectivity index (χ1n) is 14.9. The van der Waals surface area contributed by atoms with Crippen LogP contribution < -0.4 is 9.64 Å². The van der Waals surface area contributed by atoms with Gasteiger partial charge in [-0.15, -0.1) is 17.7 Å². The number of fused-ring (bicyclic) bond motifs is 6. The Balaban J connectivity index is 0.00000324. The molecule has 0 radical (unpaired) electrons. The largest absolute Gasteiger partial charge is 2.00 e. The zero-order chi connectivity index (χ0) is 30.6. The Bertz CT molecular complexity index is 2500. The smallest absolute Gasteiger partial charge is 0.501 e. The van der Waals surface area contributed by atoms with Gasteiger partial charge >= 0.3 is 21.1 Å². The van der Waals surface area contributed by atoms with Crippen LogP contribution in [0.5, 0.6) is 11.5 Å². The number of benzene rings is 5. The number of hydrogen-bond acceptors (Lipinski definition) is 6. The number of imidazole rings is 1. The number of aromatic nitrogens is 3. The monoisotopic (exact) mass is 791 g/mol. The van der Waals surface area contributed by atoms with Gasteiger partial charge < -0.3 is 23.0 Å². The minimum atomic E-state index is 0. The van der Waals surface area contributed by atoms with Gasteiger partial charge in [-0.25, -0.2) is 4.98 Å². The van der Waals surface area contributed by atoms with Crippen LogP contribution in [0.1, 0.15) is 0 Å². The van der Waals surface area contributed by atoms with Crippen LogP contribution in [-0.2, 0) is 28.1 Å². The molecule has 0 bridgehead atoms. The molecule has 47 heavy (non-hydrogen) atoms. The number of furan rings is 2. The Morgan fingerprint density at radius 3 is 1.96 bits per heavy atom. The summed E-state index contributed by atoms with van der Waals surface area (Å²) < 4.78 is 21.7. The SMILES string of the molecule is Cn1ccnc1-c1[c-]c(Oc2[c-]c(N(c3ccccc3)c3ccccn3)cc3oc4ccccc4c23)c2c(c1)oc1ccccc12.[Pt+2]. The van der Waals surface area contributed by atoms with Crippen molar-refractivity contribution in [3.63, 3.8) is 0 Å². The van der Waals surface area contributed by atoms with Crippen LogP contribution in [0, 0.1) is 12.1 Å². The number of rotatable bonds is 6. The molecule has 5 aromatic carbocycles. The molecule has 0 aliphatic rings. The third-order valence-electron chi connectivity index (χ3n) is 8.13. The van der Waals surface area contributed by atoms with Gasteiger partial charge in [0.1, 0.15) is 17.0 Å². The summed E-state index contributed by atoms with van der Waals surface area (Å²) in [6.07, 6.45) is 5.45. The van der Waals surface area contributed by atoms with Crippen molar-refractivity contribution in [2.24, 2.45) is 7.05 Å². The molecule has 0 N–H and O–H groups in total.